The molecule has 0 spiro atoms. The Hall–Kier alpha value is -1.59. The molecule has 1 aromatic rings. The zero-order valence-electron chi connectivity index (χ0n) is 14.4. The number of hydrogen-bond donors (Lipinski definition) is 1. The fourth-order valence-corrected chi connectivity index (χ4v) is 3.29. The van der Waals surface area contributed by atoms with E-state index in [0.717, 1.165) is 25.1 Å². The molecule has 2 atom stereocenters. The van der Waals surface area contributed by atoms with Crippen LogP contribution in [0.25, 0.3) is 0 Å². The van der Waals surface area contributed by atoms with Gasteiger partial charge in [0.25, 0.3) is 0 Å². The Kier molecular flexibility index (Phi) is 6.86. The van der Waals surface area contributed by atoms with Crippen LogP contribution >= 0.6 is 0 Å². The van der Waals surface area contributed by atoms with Crippen molar-refractivity contribution in [3.05, 3.63) is 29.8 Å². The molecule has 1 saturated heterocycles. The van der Waals surface area contributed by atoms with Gasteiger partial charge in [-0.15, -0.1) is 0 Å². The summed E-state index contributed by atoms with van der Waals surface area (Å²) in [5.41, 5.74) is 1.28. The van der Waals surface area contributed by atoms with Gasteiger partial charge in [0.05, 0.1) is 7.11 Å². The van der Waals surface area contributed by atoms with E-state index in [1.54, 1.807) is 7.11 Å². The van der Waals surface area contributed by atoms with Crippen LogP contribution < -0.4 is 10.1 Å². The van der Waals surface area contributed by atoms with Crippen molar-refractivity contribution in [1.82, 2.24) is 10.2 Å². The number of piperidine rings is 1. The molecule has 1 aliphatic rings. The van der Waals surface area contributed by atoms with Crippen LogP contribution in [-0.4, -0.2) is 51.3 Å². The minimum Gasteiger partial charge on any atom is -0.497 e. The smallest absolute Gasteiger partial charge is 0.246 e. The van der Waals surface area contributed by atoms with E-state index in [4.69, 9.17) is 9.47 Å². The molecule has 0 radical (unpaired) electrons. The van der Waals surface area contributed by atoms with Crippen molar-refractivity contribution >= 4 is 5.91 Å². The number of methoxy groups -OCH3 is 1. The van der Waals surface area contributed by atoms with E-state index >= 15 is 0 Å². The molecule has 5 nitrogen and oxygen atoms in total. The number of likely N-dealkylation sites (tertiary alicyclic amines) is 1. The van der Waals surface area contributed by atoms with Crippen LogP contribution in [0.15, 0.2) is 24.3 Å². The Balaban J connectivity index is 2.01. The zero-order valence-corrected chi connectivity index (χ0v) is 14.4. The summed E-state index contributed by atoms with van der Waals surface area (Å²) in [6.07, 6.45) is 2.28. The first-order chi connectivity index (χ1) is 11.2. The number of amides is 1. The van der Waals surface area contributed by atoms with Crippen LogP contribution in [0.2, 0.25) is 0 Å². The minimum atomic E-state index is -0.0337. The van der Waals surface area contributed by atoms with Crippen molar-refractivity contribution in [2.24, 2.45) is 5.92 Å². The summed E-state index contributed by atoms with van der Waals surface area (Å²) in [4.78, 5) is 14.2. The van der Waals surface area contributed by atoms with E-state index in [0.29, 0.717) is 25.1 Å². The van der Waals surface area contributed by atoms with Crippen LogP contribution in [-0.2, 0) is 9.53 Å². The number of benzene rings is 1. The molecule has 0 aliphatic carbocycles. The van der Waals surface area contributed by atoms with Gasteiger partial charge in [0.1, 0.15) is 12.4 Å². The monoisotopic (exact) mass is 320 g/mol. The standard InChI is InChI=1S/C18H28N2O3/c1-4-23-13-17(21)19-12-15-6-5-11-20(2)18(15)14-7-9-16(22-3)10-8-14/h7-10,15,18H,4-6,11-13H2,1-3H3,(H,19,21)/t15-,18-/m1/s1. The molecule has 0 unspecified atom stereocenters. The van der Waals surface area contributed by atoms with Crippen LogP contribution in [0.5, 0.6) is 5.75 Å². The third-order valence-corrected chi connectivity index (χ3v) is 4.46. The van der Waals surface area contributed by atoms with E-state index in [1.807, 2.05) is 19.1 Å². The van der Waals surface area contributed by atoms with Crippen LogP contribution in [0.3, 0.4) is 0 Å². The molecular formula is C18H28N2O3. The normalized spacial score (nSPS) is 21.9. The van der Waals surface area contributed by atoms with Gasteiger partial charge in [-0.2, -0.15) is 0 Å². The van der Waals surface area contributed by atoms with Gasteiger partial charge in [0.15, 0.2) is 0 Å². The van der Waals surface area contributed by atoms with Gasteiger partial charge in [-0.25, -0.2) is 0 Å². The summed E-state index contributed by atoms with van der Waals surface area (Å²) in [6, 6.07) is 8.58. The average Bonchev–Trinajstić information content (AvgIpc) is 2.58. The molecule has 5 heteroatoms. The molecule has 1 heterocycles. The first-order valence-corrected chi connectivity index (χ1v) is 8.34. The Labute approximate surface area is 139 Å². The fraction of sp³-hybridized carbons (Fsp3) is 0.611. The van der Waals surface area contributed by atoms with E-state index in [1.165, 1.54) is 5.56 Å². The van der Waals surface area contributed by atoms with Crippen molar-refractivity contribution in [2.75, 3.05) is 40.5 Å². The summed E-state index contributed by atoms with van der Waals surface area (Å²) < 4.78 is 10.4. The lowest BCUT2D eigenvalue weighted by Crippen LogP contribution is -2.42. The zero-order chi connectivity index (χ0) is 16.7. The van der Waals surface area contributed by atoms with Gasteiger partial charge in [-0.1, -0.05) is 12.1 Å². The lowest BCUT2D eigenvalue weighted by molar-refractivity contribution is -0.125. The van der Waals surface area contributed by atoms with Gasteiger partial charge >= 0.3 is 0 Å². The second kappa shape index (κ2) is 8.89. The molecule has 0 bridgehead atoms. The maximum Gasteiger partial charge on any atom is 0.246 e. The van der Waals surface area contributed by atoms with Crippen molar-refractivity contribution in [3.8, 4) is 5.75 Å². The highest BCUT2D eigenvalue weighted by Crippen LogP contribution is 2.35. The number of rotatable bonds is 7. The molecule has 2 rings (SSSR count). The quantitative estimate of drug-likeness (QED) is 0.837. The molecule has 0 aromatic heterocycles. The first-order valence-electron chi connectivity index (χ1n) is 8.34. The molecule has 1 aromatic carbocycles. The highest BCUT2D eigenvalue weighted by molar-refractivity contribution is 5.77. The van der Waals surface area contributed by atoms with Crippen molar-refractivity contribution < 1.29 is 14.3 Å². The Bertz CT molecular complexity index is 490. The lowest BCUT2D eigenvalue weighted by Gasteiger charge is -2.39. The van der Waals surface area contributed by atoms with Gasteiger partial charge < -0.3 is 14.8 Å². The molecule has 1 fully saturated rings. The summed E-state index contributed by atoms with van der Waals surface area (Å²) in [5, 5.41) is 3.01. The molecule has 23 heavy (non-hydrogen) atoms. The van der Waals surface area contributed by atoms with Crippen molar-refractivity contribution in [1.29, 1.82) is 0 Å². The number of carbonyl (C=O) groups is 1. The third-order valence-electron chi connectivity index (χ3n) is 4.46. The topological polar surface area (TPSA) is 50.8 Å². The van der Waals surface area contributed by atoms with Crippen LogP contribution in [0, 0.1) is 5.92 Å². The largest absolute Gasteiger partial charge is 0.497 e. The SMILES string of the molecule is CCOCC(=O)NC[C@H]1CCCN(C)[C@@H]1c1ccc(OC)cc1. The summed E-state index contributed by atoms with van der Waals surface area (Å²) >= 11 is 0. The Morgan fingerprint density at radius 3 is 2.74 bits per heavy atom. The maximum atomic E-state index is 11.8. The second-order valence-electron chi connectivity index (χ2n) is 6.04. The highest BCUT2D eigenvalue weighted by Gasteiger charge is 2.30. The van der Waals surface area contributed by atoms with E-state index in [2.05, 4.69) is 29.4 Å². The number of nitrogens with one attached hydrogen (secondary N) is 1. The molecule has 128 valence electrons. The van der Waals surface area contributed by atoms with Gasteiger partial charge in [0, 0.05) is 19.2 Å². The maximum absolute atomic E-state index is 11.8. The van der Waals surface area contributed by atoms with Crippen molar-refractivity contribution in [3.63, 3.8) is 0 Å². The number of hydrogen-bond acceptors (Lipinski definition) is 4. The van der Waals surface area contributed by atoms with E-state index in [9.17, 15) is 4.79 Å². The number of carbonyl (C=O) groups excluding carboxylic acids is 1. The summed E-state index contributed by atoms with van der Waals surface area (Å²) in [6.45, 7) is 4.37. The van der Waals surface area contributed by atoms with Crippen molar-refractivity contribution in [2.45, 2.75) is 25.8 Å². The van der Waals surface area contributed by atoms with Crippen LogP contribution in [0.4, 0.5) is 0 Å². The van der Waals surface area contributed by atoms with Gasteiger partial charge in [-0.3, -0.25) is 9.69 Å². The first kappa shape index (κ1) is 17.8. The minimum absolute atomic E-state index is 0.0337. The fourth-order valence-electron chi connectivity index (χ4n) is 3.29. The summed E-state index contributed by atoms with van der Waals surface area (Å²) in [5.74, 6) is 1.25. The van der Waals surface area contributed by atoms with E-state index < -0.39 is 0 Å². The Morgan fingerprint density at radius 1 is 1.35 bits per heavy atom. The molecule has 1 amide bonds. The van der Waals surface area contributed by atoms with Crippen LogP contribution in [0.1, 0.15) is 31.4 Å². The number of nitrogens with zero attached hydrogens (tertiary/aromatic N) is 1. The predicted octanol–water partition coefficient (Wildman–Crippen LogP) is 2.23. The lowest BCUT2D eigenvalue weighted by atomic mass is 9.85. The van der Waals surface area contributed by atoms with Gasteiger partial charge in [-0.05, 0) is 57.0 Å². The average molecular weight is 320 g/mol. The second-order valence-corrected chi connectivity index (χ2v) is 6.04. The van der Waals surface area contributed by atoms with Gasteiger partial charge in [0.2, 0.25) is 5.91 Å². The number of ether oxygens (including phenoxy) is 2. The molecule has 0 saturated carbocycles. The predicted molar refractivity (Wildman–Crippen MR) is 90.6 cm³/mol. The highest BCUT2D eigenvalue weighted by atomic mass is 16.5. The Morgan fingerprint density at radius 2 is 2.09 bits per heavy atom. The molecule has 1 N–H and O–H groups in total. The molecule has 1 aliphatic heterocycles. The third kappa shape index (κ3) is 4.94. The van der Waals surface area contributed by atoms with E-state index in [-0.39, 0.29) is 12.5 Å². The molecular weight excluding hydrogens is 292 g/mol. The summed E-state index contributed by atoms with van der Waals surface area (Å²) in [7, 11) is 3.83.